The Morgan fingerprint density at radius 1 is 1.22 bits per heavy atom. The third-order valence-corrected chi connectivity index (χ3v) is 3.19. The van der Waals surface area contributed by atoms with Gasteiger partial charge in [-0.15, -0.1) is 0 Å². The molecule has 0 fully saturated rings. The molecule has 18 heavy (non-hydrogen) atoms. The van der Waals surface area contributed by atoms with Crippen molar-refractivity contribution in [3.05, 3.63) is 23.3 Å². The molecule has 0 atom stereocenters. The molecule has 1 rings (SSSR count). The zero-order valence-corrected chi connectivity index (χ0v) is 12.3. The Kier molecular flexibility index (Phi) is 5.99. The van der Waals surface area contributed by atoms with Crippen LogP contribution in [0.3, 0.4) is 0 Å². The number of anilines is 1. The van der Waals surface area contributed by atoms with Gasteiger partial charge in [-0.25, -0.2) is 0 Å². The topological polar surface area (TPSA) is 24.5 Å². The van der Waals surface area contributed by atoms with Gasteiger partial charge < -0.3 is 15.0 Å². The molecule has 0 amide bonds. The van der Waals surface area contributed by atoms with Crippen molar-refractivity contribution in [2.75, 3.05) is 39.2 Å². The zero-order chi connectivity index (χ0) is 13.5. The normalized spacial score (nSPS) is 10.5. The first-order valence-electron chi connectivity index (χ1n) is 6.61. The minimum atomic E-state index is 0.997. The number of nitrogens with zero attached hydrogens (tertiary/aromatic N) is 1. The van der Waals surface area contributed by atoms with Gasteiger partial charge in [-0.05, 0) is 57.5 Å². The van der Waals surface area contributed by atoms with Gasteiger partial charge in [0.2, 0.25) is 0 Å². The second kappa shape index (κ2) is 7.27. The van der Waals surface area contributed by atoms with Crippen LogP contribution in [0, 0.1) is 13.8 Å². The summed E-state index contributed by atoms with van der Waals surface area (Å²) in [5, 5.41) is 3.18. The van der Waals surface area contributed by atoms with E-state index >= 15 is 0 Å². The largest absolute Gasteiger partial charge is 0.494 e. The maximum atomic E-state index is 5.53. The van der Waals surface area contributed by atoms with E-state index in [2.05, 4.69) is 43.2 Å². The van der Waals surface area contributed by atoms with Crippen molar-refractivity contribution < 1.29 is 4.74 Å². The van der Waals surface area contributed by atoms with Crippen molar-refractivity contribution in [1.29, 1.82) is 0 Å². The lowest BCUT2D eigenvalue weighted by molar-refractivity contribution is 0.411. The molecule has 0 aliphatic rings. The SMILES string of the molecule is CNCCCCN(C)c1cc(C)cc(C)c1OC. The van der Waals surface area contributed by atoms with Crippen LogP contribution in [0.4, 0.5) is 5.69 Å². The van der Waals surface area contributed by atoms with Crippen LogP contribution < -0.4 is 15.0 Å². The summed E-state index contributed by atoms with van der Waals surface area (Å²) in [5.41, 5.74) is 3.68. The van der Waals surface area contributed by atoms with E-state index in [-0.39, 0.29) is 0 Å². The summed E-state index contributed by atoms with van der Waals surface area (Å²) >= 11 is 0. The van der Waals surface area contributed by atoms with E-state index in [0.29, 0.717) is 0 Å². The van der Waals surface area contributed by atoms with E-state index in [1.165, 1.54) is 29.7 Å². The number of nitrogens with one attached hydrogen (secondary N) is 1. The summed E-state index contributed by atoms with van der Waals surface area (Å²) in [5.74, 6) is 0.997. The molecule has 0 aliphatic carbocycles. The van der Waals surface area contributed by atoms with Gasteiger partial charge in [0.05, 0.1) is 12.8 Å². The lowest BCUT2D eigenvalue weighted by atomic mass is 10.1. The van der Waals surface area contributed by atoms with E-state index in [1.807, 2.05) is 7.05 Å². The molecule has 0 unspecified atom stereocenters. The number of unbranched alkanes of at least 4 members (excludes halogenated alkanes) is 1. The number of benzene rings is 1. The number of aryl methyl sites for hydroxylation is 2. The first kappa shape index (κ1) is 14.8. The second-order valence-electron chi connectivity index (χ2n) is 4.87. The van der Waals surface area contributed by atoms with Crippen LogP contribution in [0.2, 0.25) is 0 Å². The van der Waals surface area contributed by atoms with Gasteiger partial charge in [-0.3, -0.25) is 0 Å². The highest BCUT2D eigenvalue weighted by Crippen LogP contribution is 2.32. The molecule has 0 aliphatic heterocycles. The number of hydrogen-bond donors (Lipinski definition) is 1. The van der Waals surface area contributed by atoms with Crippen LogP contribution in [0.5, 0.6) is 5.75 Å². The van der Waals surface area contributed by atoms with Crippen molar-refractivity contribution in [1.82, 2.24) is 5.32 Å². The first-order chi connectivity index (χ1) is 8.60. The molecule has 0 spiro atoms. The molecule has 0 saturated heterocycles. The number of rotatable bonds is 7. The highest BCUT2D eigenvalue weighted by molar-refractivity contribution is 5.63. The van der Waals surface area contributed by atoms with Gasteiger partial charge in [0, 0.05) is 13.6 Å². The third-order valence-electron chi connectivity index (χ3n) is 3.19. The van der Waals surface area contributed by atoms with Crippen LogP contribution in [0.15, 0.2) is 12.1 Å². The van der Waals surface area contributed by atoms with Crippen LogP contribution in [-0.2, 0) is 0 Å². The van der Waals surface area contributed by atoms with Gasteiger partial charge in [0.15, 0.2) is 0 Å². The standard InChI is InChI=1S/C15H26N2O/c1-12-10-13(2)15(18-5)14(11-12)17(4)9-7-6-8-16-3/h10-11,16H,6-9H2,1-5H3. The number of hydrogen-bond acceptors (Lipinski definition) is 3. The third kappa shape index (κ3) is 3.91. The molecular weight excluding hydrogens is 224 g/mol. The molecule has 0 bridgehead atoms. The van der Waals surface area contributed by atoms with E-state index in [4.69, 9.17) is 4.74 Å². The molecule has 3 heteroatoms. The lowest BCUT2D eigenvalue weighted by Crippen LogP contribution is -2.21. The van der Waals surface area contributed by atoms with Crippen LogP contribution in [0.25, 0.3) is 0 Å². The molecule has 0 heterocycles. The van der Waals surface area contributed by atoms with E-state index in [1.54, 1.807) is 7.11 Å². The molecule has 0 aromatic heterocycles. The smallest absolute Gasteiger partial charge is 0.145 e. The maximum Gasteiger partial charge on any atom is 0.145 e. The maximum absolute atomic E-state index is 5.53. The average Bonchev–Trinajstić information content (AvgIpc) is 2.33. The Hall–Kier alpha value is -1.22. The Morgan fingerprint density at radius 3 is 2.56 bits per heavy atom. The van der Waals surface area contributed by atoms with Crippen LogP contribution >= 0.6 is 0 Å². The summed E-state index contributed by atoms with van der Waals surface area (Å²) in [6, 6.07) is 4.36. The molecular formula is C15H26N2O. The highest BCUT2D eigenvalue weighted by atomic mass is 16.5. The fourth-order valence-corrected chi connectivity index (χ4v) is 2.25. The summed E-state index contributed by atoms with van der Waals surface area (Å²) in [6.45, 7) is 6.37. The fraction of sp³-hybridized carbons (Fsp3) is 0.600. The zero-order valence-electron chi connectivity index (χ0n) is 12.3. The summed E-state index contributed by atoms with van der Waals surface area (Å²) in [6.07, 6.45) is 2.39. The molecule has 0 radical (unpaired) electrons. The van der Waals surface area contributed by atoms with E-state index in [0.717, 1.165) is 18.8 Å². The van der Waals surface area contributed by atoms with Gasteiger partial charge >= 0.3 is 0 Å². The van der Waals surface area contributed by atoms with Crippen molar-refractivity contribution in [3.8, 4) is 5.75 Å². The number of ether oxygens (including phenoxy) is 1. The average molecular weight is 250 g/mol. The Bertz CT molecular complexity index is 377. The quantitative estimate of drug-likeness (QED) is 0.753. The lowest BCUT2D eigenvalue weighted by Gasteiger charge is -2.23. The Labute approximate surface area is 111 Å². The minimum absolute atomic E-state index is 0.997. The number of methoxy groups -OCH3 is 1. The van der Waals surface area contributed by atoms with E-state index in [9.17, 15) is 0 Å². The summed E-state index contributed by atoms with van der Waals surface area (Å²) < 4.78 is 5.53. The molecule has 102 valence electrons. The van der Waals surface area contributed by atoms with Crippen LogP contribution in [0.1, 0.15) is 24.0 Å². The highest BCUT2D eigenvalue weighted by Gasteiger charge is 2.11. The van der Waals surface area contributed by atoms with Gasteiger partial charge in [-0.1, -0.05) is 6.07 Å². The van der Waals surface area contributed by atoms with Crippen molar-refractivity contribution in [2.24, 2.45) is 0 Å². The van der Waals surface area contributed by atoms with Crippen molar-refractivity contribution in [2.45, 2.75) is 26.7 Å². The Balaban J connectivity index is 2.74. The van der Waals surface area contributed by atoms with Gasteiger partial charge in [0.25, 0.3) is 0 Å². The Morgan fingerprint density at radius 2 is 1.94 bits per heavy atom. The fourth-order valence-electron chi connectivity index (χ4n) is 2.25. The second-order valence-corrected chi connectivity index (χ2v) is 4.87. The van der Waals surface area contributed by atoms with E-state index < -0.39 is 0 Å². The molecule has 3 nitrogen and oxygen atoms in total. The summed E-state index contributed by atoms with van der Waals surface area (Å²) in [4.78, 5) is 2.29. The summed E-state index contributed by atoms with van der Waals surface area (Å²) in [7, 11) is 5.88. The predicted octanol–water partition coefficient (Wildman–Crippen LogP) is 2.75. The monoisotopic (exact) mass is 250 g/mol. The molecule has 1 aromatic rings. The molecule has 1 aromatic carbocycles. The molecule has 1 N–H and O–H groups in total. The molecule has 0 saturated carbocycles. The van der Waals surface area contributed by atoms with Gasteiger partial charge in [0.1, 0.15) is 5.75 Å². The first-order valence-corrected chi connectivity index (χ1v) is 6.61. The van der Waals surface area contributed by atoms with Crippen molar-refractivity contribution >= 4 is 5.69 Å². The minimum Gasteiger partial charge on any atom is -0.494 e. The van der Waals surface area contributed by atoms with Gasteiger partial charge in [-0.2, -0.15) is 0 Å². The predicted molar refractivity (Wildman–Crippen MR) is 78.9 cm³/mol. The van der Waals surface area contributed by atoms with Crippen molar-refractivity contribution in [3.63, 3.8) is 0 Å². The van der Waals surface area contributed by atoms with Crippen LogP contribution in [-0.4, -0.2) is 34.3 Å².